The number of amides is 1. The number of aliphatic hydroxyl groups is 1. The van der Waals surface area contributed by atoms with E-state index in [4.69, 9.17) is 16.7 Å². The Bertz CT molecular complexity index is 496. The minimum atomic E-state index is -0.111. The van der Waals surface area contributed by atoms with Crippen molar-refractivity contribution in [3.05, 3.63) is 22.8 Å². The molecule has 0 bridgehead atoms. The molecule has 116 valence electrons. The van der Waals surface area contributed by atoms with Crippen LogP contribution in [-0.2, 0) is 0 Å². The summed E-state index contributed by atoms with van der Waals surface area (Å²) in [7, 11) is 0. The SMILES string of the molecule is CCNc1ccc(Cl)c(C(=O)N2CCCC2CCCO)n1. The molecule has 0 aromatic carbocycles. The van der Waals surface area contributed by atoms with Gasteiger partial charge in [-0.05, 0) is 44.7 Å². The van der Waals surface area contributed by atoms with Gasteiger partial charge in [0.05, 0.1) is 5.02 Å². The molecule has 2 N–H and O–H groups in total. The Kier molecular flexibility index (Phi) is 5.82. The molecular weight excluding hydrogens is 290 g/mol. The second kappa shape index (κ2) is 7.61. The van der Waals surface area contributed by atoms with Gasteiger partial charge in [-0.25, -0.2) is 4.98 Å². The molecule has 5 nitrogen and oxygen atoms in total. The van der Waals surface area contributed by atoms with Gasteiger partial charge in [0.2, 0.25) is 0 Å². The van der Waals surface area contributed by atoms with Crippen LogP contribution in [0.15, 0.2) is 12.1 Å². The number of nitrogens with one attached hydrogen (secondary N) is 1. The van der Waals surface area contributed by atoms with Crippen LogP contribution in [-0.4, -0.2) is 46.6 Å². The number of halogens is 1. The first-order valence-electron chi connectivity index (χ1n) is 7.49. The summed E-state index contributed by atoms with van der Waals surface area (Å²) in [6.45, 7) is 3.61. The van der Waals surface area contributed by atoms with E-state index in [1.807, 2.05) is 11.8 Å². The van der Waals surface area contributed by atoms with Gasteiger partial charge in [0.15, 0.2) is 0 Å². The molecule has 1 fully saturated rings. The Morgan fingerprint density at radius 3 is 3.10 bits per heavy atom. The number of aliphatic hydroxyl groups excluding tert-OH is 1. The first-order chi connectivity index (χ1) is 10.2. The van der Waals surface area contributed by atoms with Crippen molar-refractivity contribution in [2.24, 2.45) is 0 Å². The van der Waals surface area contributed by atoms with Crippen molar-refractivity contribution in [2.45, 2.75) is 38.6 Å². The van der Waals surface area contributed by atoms with Gasteiger partial charge in [0.1, 0.15) is 11.5 Å². The van der Waals surface area contributed by atoms with E-state index in [0.717, 1.165) is 32.4 Å². The molecular formula is C15H22ClN3O2. The third-order valence-corrected chi connectivity index (χ3v) is 4.04. The van der Waals surface area contributed by atoms with Crippen molar-refractivity contribution in [2.75, 3.05) is 25.0 Å². The highest BCUT2D eigenvalue weighted by Crippen LogP contribution is 2.26. The van der Waals surface area contributed by atoms with Crippen molar-refractivity contribution in [3.8, 4) is 0 Å². The molecule has 1 aromatic heterocycles. The number of nitrogens with zero attached hydrogens (tertiary/aromatic N) is 2. The summed E-state index contributed by atoms with van der Waals surface area (Å²) < 4.78 is 0. The predicted octanol–water partition coefficient (Wildman–Crippen LogP) is 2.54. The fraction of sp³-hybridized carbons (Fsp3) is 0.600. The van der Waals surface area contributed by atoms with Crippen LogP contribution in [0.3, 0.4) is 0 Å². The van der Waals surface area contributed by atoms with Crippen LogP contribution in [0.5, 0.6) is 0 Å². The summed E-state index contributed by atoms with van der Waals surface area (Å²) >= 11 is 6.14. The number of anilines is 1. The molecule has 0 spiro atoms. The molecule has 0 aliphatic carbocycles. The number of rotatable bonds is 6. The molecule has 6 heteroatoms. The molecule has 2 rings (SSSR count). The Balaban J connectivity index is 2.16. The zero-order valence-corrected chi connectivity index (χ0v) is 13.1. The van der Waals surface area contributed by atoms with Crippen LogP contribution in [0.25, 0.3) is 0 Å². The smallest absolute Gasteiger partial charge is 0.274 e. The average Bonchev–Trinajstić information content (AvgIpc) is 2.95. The molecule has 0 saturated carbocycles. The molecule has 1 aliphatic rings. The summed E-state index contributed by atoms with van der Waals surface area (Å²) in [5, 5.41) is 12.4. The fourth-order valence-electron chi connectivity index (χ4n) is 2.74. The maximum Gasteiger partial charge on any atom is 0.274 e. The van der Waals surface area contributed by atoms with Gasteiger partial charge < -0.3 is 15.3 Å². The van der Waals surface area contributed by atoms with Crippen molar-refractivity contribution in [1.82, 2.24) is 9.88 Å². The van der Waals surface area contributed by atoms with Gasteiger partial charge in [0.25, 0.3) is 5.91 Å². The first-order valence-corrected chi connectivity index (χ1v) is 7.87. The van der Waals surface area contributed by atoms with Gasteiger partial charge in [-0.2, -0.15) is 0 Å². The third-order valence-electron chi connectivity index (χ3n) is 3.74. The summed E-state index contributed by atoms with van der Waals surface area (Å²) in [6.07, 6.45) is 3.52. The van der Waals surface area contributed by atoms with Crippen molar-refractivity contribution in [3.63, 3.8) is 0 Å². The van der Waals surface area contributed by atoms with Gasteiger partial charge in [0, 0.05) is 25.7 Å². The summed E-state index contributed by atoms with van der Waals surface area (Å²) in [6, 6.07) is 3.67. The van der Waals surface area contributed by atoms with Crippen molar-refractivity contribution < 1.29 is 9.90 Å². The van der Waals surface area contributed by atoms with Gasteiger partial charge in [-0.15, -0.1) is 0 Å². The third kappa shape index (κ3) is 3.86. The lowest BCUT2D eigenvalue weighted by Gasteiger charge is -2.24. The Hall–Kier alpha value is -1.33. The molecule has 0 radical (unpaired) electrons. The summed E-state index contributed by atoms with van der Waals surface area (Å²) in [4.78, 5) is 18.9. The second-order valence-corrected chi connectivity index (χ2v) is 5.62. The van der Waals surface area contributed by atoms with Crippen LogP contribution >= 0.6 is 11.6 Å². The molecule has 2 heterocycles. The zero-order valence-electron chi connectivity index (χ0n) is 12.3. The maximum atomic E-state index is 12.7. The first kappa shape index (κ1) is 16.0. The largest absolute Gasteiger partial charge is 0.396 e. The van der Waals surface area contributed by atoms with Crippen LogP contribution in [0.1, 0.15) is 43.1 Å². The number of pyridine rings is 1. The molecule has 21 heavy (non-hydrogen) atoms. The van der Waals surface area contributed by atoms with Crippen LogP contribution in [0.4, 0.5) is 5.82 Å². The topological polar surface area (TPSA) is 65.5 Å². The van der Waals surface area contributed by atoms with Gasteiger partial charge in [-0.1, -0.05) is 11.6 Å². The van der Waals surface area contributed by atoms with Crippen molar-refractivity contribution in [1.29, 1.82) is 0 Å². The number of hydrogen-bond donors (Lipinski definition) is 2. The number of aromatic nitrogens is 1. The highest BCUT2D eigenvalue weighted by molar-refractivity contribution is 6.33. The Morgan fingerprint density at radius 2 is 2.38 bits per heavy atom. The van der Waals surface area contributed by atoms with Crippen LogP contribution < -0.4 is 5.32 Å². The Morgan fingerprint density at radius 1 is 1.57 bits per heavy atom. The van der Waals surface area contributed by atoms with E-state index in [9.17, 15) is 4.79 Å². The molecule has 1 amide bonds. The molecule has 1 atom stereocenters. The second-order valence-electron chi connectivity index (χ2n) is 5.22. The fourth-order valence-corrected chi connectivity index (χ4v) is 2.92. The molecule has 1 saturated heterocycles. The number of hydrogen-bond acceptors (Lipinski definition) is 4. The van der Waals surface area contributed by atoms with Gasteiger partial charge >= 0.3 is 0 Å². The highest BCUT2D eigenvalue weighted by Gasteiger charge is 2.30. The number of carbonyl (C=O) groups excluding carboxylic acids is 1. The van der Waals surface area contributed by atoms with E-state index in [1.165, 1.54) is 0 Å². The molecule has 1 aromatic rings. The predicted molar refractivity (Wildman–Crippen MR) is 83.8 cm³/mol. The van der Waals surface area contributed by atoms with Crippen LogP contribution in [0, 0.1) is 0 Å². The van der Waals surface area contributed by atoms with E-state index in [2.05, 4.69) is 10.3 Å². The summed E-state index contributed by atoms with van der Waals surface area (Å²) in [5.74, 6) is 0.552. The van der Waals surface area contributed by atoms with Gasteiger partial charge in [-0.3, -0.25) is 4.79 Å². The lowest BCUT2D eigenvalue weighted by molar-refractivity contribution is 0.0719. The van der Waals surface area contributed by atoms with Crippen molar-refractivity contribution >= 4 is 23.3 Å². The highest BCUT2D eigenvalue weighted by atomic mass is 35.5. The van der Waals surface area contributed by atoms with Crippen LogP contribution in [0.2, 0.25) is 5.02 Å². The van der Waals surface area contributed by atoms with E-state index in [0.29, 0.717) is 23.0 Å². The standard InChI is InChI=1S/C15H22ClN3O2/c1-2-17-13-8-7-12(16)14(18-13)15(21)19-9-3-5-11(19)6-4-10-20/h7-8,11,20H,2-6,9-10H2,1H3,(H,17,18). The van der Waals surface area contributed by atoms with E-state index in [-0.39, 0.29) is 18.6 Å². The number of likely N-dealkylation sites (tertiary alicyclic amines) is 1. The lowest BCUT2D eigenvalue weighted by Crippen LogP contribution is -2.36. The summed E-state index contributed by atoms with van der Waals surface area (Å²) in [5.41, 5.74) is 0.311. The quantitative estimate of drug-likeness (QED) is 0.847. The molecule has 1 unspecified atom stereocenters. The van der Waals surface area contributed by atoms with E-state index in [1.54, 1.807) is 12.1 Å². The number of carbonyl (C=O) groups is 1. The monoisotopic (exact) mass is 311 g/mol. The minimum Gasteiger partial charge on any atom is -0.396 e. The maximum absolute atomic E-state index is 12.7. The van der Waals surface area contributed by atoms with E-state index < -0.39 is 0 Å². The van der Waals surface area contributed by atoms with E-state index >= 15 is 0 Å². The lowest BCUT2D eigenvalue weighted by atomic mass is 10.1. The average molecular weight is 312 g/mol. The molecule has 1 aliphatic heterocycles. The normalized spacial score (nSPS) is 18.0. The zero-order chi connectivity index (χ0) is 15.2. The Labute approximate surface area is 130 Å². The minimum absolute atomic E-state index is 0.111.